The summed E-state index contributed by atoms with van der Waals surface area (Å²) in [5, 5.41) is 0. The van der Waals surface area contributed by atoms with E-state index in [1.807, 2.05) is 36.4 Å². The highest BCUT2D eigenvalue weighted by Crippen LogP contribution is 2.32. The molecule has 2 N–H and O–H groups in total. The Labute approximate surface area is 116 Å². The number of aryl methyl sites for hydroxylation is 1. The fourth-order valence-corrected chi connectivity index (χ4v) is 2.36. The Balaban J connectivity index is 2.37. The van der Waals surface area contributed by atoms with Crippen LogP contribution in [-0.2, 0) is 13.0 Å². The smallest absolute Gasteiger partial charge is 0.133 e. The second-order valence-corrected chi connectivity index (χ2v) is 4.84. The second-order valence-electron chi connectivity index (χ2n) is 3.98. The Kier molecular flexibility index (Phi) is 4.39. The summed E-state index contributed by atoms with van der Waals surface area (Å²) in [6, 6.07) is 13.9. The minimum atomic E-state index is 0.449. The Bertz CT molecular complexity index is 540. The Morgan fingerprint density at radius 3 is 2.50 bits per heavy atom. The van der Waals surface area contributed by atoms with Gasteiger partial charge in [0, 0.05) is 16.6 Å². The van der Waals surface area contributed by atoms with Gasteiger partial charge in [-0.1, -0.05) is 47.1 Å². The number of hydrogen-bond acceptors (Lipinski definition) is 2. The van der Waals surface area contributed by atoms with E-state index < -0.39 is 0 Å². The molecule has 0 aliphatic carbocycles. The van der Waals surface area contributed by atoms with Gasteiger partial charge in [-0.15, -0.1) is 0 Å². The van der Waals surface area contributed by atoms with Gasteiger partial charge >= 0.3 is 0 Å². The zero-order valence-corrected chi connectivity index (χ0v) is 11.9. The molecule has 2 nitrogen and oxygen atoms in total. The molecule has 2 rings (SSSR count). The minimum absolute atomic E-state index is 0.449. The van der Waals surface area contributed by atoms with Crippen LogP contribution in [0.2, 0.25) is 0 Å². The Morgan fingerprint density at radius 1 is 1.06 bits per heavy atom. The molecule has 2 aromatic carbocycles. The van der Waals surface area contributed by atoms with Gasteiger partial charge in [0.25, 0.3) is 0 Å². The van der Waals surface area contributed by atoms with Crippen LogP contribution in [0, 0.1) is 0 Å². The SMILES string of the molecule is CCc1ccccc1Oc1cccc(Br)c1CN. The molecule has 3 heteroatoms. The second kappa shape index (κ2) is 6.03. The summed E-state index contributed by atoms with van der Waals surface area (Å²) in [5.74, 6) is 1.71. The molecule has 0 fully saturated rings. The van der Waals surface area contributed by atoms with Crippen molar-refractivity contribution in [3.05, 3.63) is 58.1 Å². The van der Waals surface area contributed by atoms with E-state index in [0.29, 0.717) is 6.54 Å². The van der Waals surface area contributed by atoms with Crippen LogP contribution in [0.1, 0.15) is 18.1 Å². The molecule has 0 aromatic heterocycles. The van der Waals surface area contributed by atoms with Crippen LogP contribution in [0.5, 0.6) is 11.5 Å². The summed E-state index contributed by atoms with van der Waals surface area (Å²) in [5.41, 5.74) is 7.95. The van der Waals surface area contributed by atoms with Gasteiger partial charge in [-0.05, 0) is 30.2 Å². The molecule has 0 aliphatic heterocycles. The van der Waals surface area contributed by atoms with Crippen molar-refractivity contribution in [2.24, 2.45) is 5.73 Å². The molecule has 18 heavy (non-hydrogen) atoms. The first kappa shape index (κ1) is 13.1. The lowest BCUT2D eigenvalue weighted by molar-refractivity contribution is 0.470. The fraction of sp³-hybridized carbons (Fsp3) is 0.200. The van der Waals surface area contributed by atoms with Crippen LogP contribution in [0.25, 0.3) is 0 Å². The van der Waals surface area contributed by atoms with Gasteiger partial charge in [0.05, 0.1) is 0 Å². The van der Waals surface area contributed by atoms with Crippen molar-refractivity contribution < 1.29 is 4.74 Å². The molecular formula is C15H16BrNO. The molecular weight excluding hydrogens is 290 g/mol. The Hall–Kier alpha value is -1.32. The third kappa shape index (κ3) is 2.74. The molecule has 0 atom stereocenters. The quantitative estimate of drug-likeness (QED) is 0.916. The molecule has 0 radical (unpaired) electrons. The van der Waals surface area contributed by atoms with Gasteiger partial charge in [-0.3, -0.25) is 0 Å². The topological polar surface area (TPSA) is 35.2 Å². The minimum Gasteiger partial charge on any atom is -0.457 e. The maximum Gasteiger partial charge on any atom is 0.133 e. The summed E-state index contributed by atoms with van der Waals surface area (Å²) in [6.07, 6.45) is 0.947. The lowest BCUT2D eigenvalue weighted by Gasteiger charge is -2.13. The highest BCUT2D eigenvalue weighted by Gasteiger charge is 2.08. The lowest BCUT2D eigenvalue weighted by atomic mass is 10.1. The summed E-state index contributed by atoms with van der Waals surface area (Å²) in [6.45, 7) is 2.57. The van der Waals surface area contributed by atoms with Gasteiger partial charge in [0.1, 0.15) is 11.5 Å². The largest absolute Gasteiger partial charge is 0.457 e. The Morgan fingerprint density at radius 2 is 1.78 bits per heavy atom. The summed E-state index contributed by atoms with van der Waals surface area (Å²) < 4.78 is 6.98. The van der Waals surface area contributed by atoms with E-state index in [-0.39, 0.29) is 0 Å². The molecule has 0 bridgehead atoms. The molecule has 0 aliphatic rings. The maximum absolute atomic E-state index is 5.99. The van der Waals surface area contributed by atoms with Crippen LogP contribution < -0.4 is 10.5 Å². The number of halogens is 1. The molecule has 0 saturated carbocycles. The zero-order chi connectivity index (χ0) is 13.0. The highest BCUT2D eigenvalue weighted by atomic mass is 79.9. The van der Waals surface area contributed by atoms with Crippen molar-refractivity contribution >= 4 is 15.9 Å². The fourth-order valence-electron chi connectivity index (χ4n) is 1.85. The molecule has 0 heterocycles. The monoisotopic (exact) mass is 305 g/mol. The number of hydrogen-bond donors (Lipinski definition) is 1. The summed E-state index contributed by atoms with van der Waals surface area (Å²) >= 11 is 3.50. The van der Waals surface area contributed by atoms with Gasteiger partial charge in [0.2, 0.25) is 0 Å². The molecule has 0 unspecified atom stereocenters. The van der Waals surface area contributed by atoms with Crippen LogP contribution in [-0.4, -0.2) is 0 Å². The van der Waals surface area contributed by atoms with Crippen LogP contribution in [0.3, 0.4) is 0 Å². The number of rotatable bonds is 4. The van der Waals surface area contributed by atoms with E-state index in [2.05, 4.69) is 28.9 Å². The van der Waals surface area contributed by atoms with E-state index >= 15 is 0 Å². The van der Waals surface area contributed by atoms with Gasteiger partial charge in [-0.2, -0.15) is 0 Å². The molecule has 0 spiro atoms. The van der Waals surface area contributed by atoms with Crippen molar-refractivity contribution in [2.75, 3.05) is 0 Å². The van der Waals surface area contributed by atoms with Gasteiger partial charge < -0.3 is 10.5 Å². The molecule has 0 amide bonds. The lowest BCUT2D eigenvalue weighted by Crippen LogP contribution is -2.01. The average Bonchev–Trinajstić information content (AvgIpc) is 2.40. The van der Waals surface area contributed by atoms with Crippen LogP contribution >= 0.6 is 15.9 Å². The number of benzene rings is 2. The summed E-state index contributed by atoms with van der Waals surface area (Å²) in [7, 11) is 0. The van der Waals surface area contributed by atoms with Crippen molar-refractivity contribution in [1.82, 2.24) is 0 Å². The van der Waals surface area contributed by atoms with Crippen molar-refractivity contribution in [3.8, 4) is 11.5 Å². The van der Waals surface area contributed by atoms with Crippen LogP contribution in [0.15, 0.2) is 46.9 Å². The van der Waals surface area contributed by atoms with E-state index in [1.54, 1.807) is 0 Å². The summed E-state index contributed by atoms with van der Waals surface area (Å²) in [4.78, 5) is 0. The van der Waals surface area contributed by atoms with Crippen molar-refractivity contribution in [2.45, 2.75) is 19.9 Å². The van der Waals surface area contributed by atoms with E-state index in [4.69, 9.17) is 10.5 Å². The number of ether oxygens (including phenoxy) is 1. The zero-order valence-electron chi connectivity index (χ0n) is 10.3. The predicted molar refractivity (Wildman–Crippen MR) is 77.9 cm³/mol. The first-order chi connectivity index (χ1) is 8.76. The molecule has 0 saturated heterocycles. The van der Waals surface area contributed by atoms with E-state index in [1.165, 1.54) is 5.56 Å². The highest BCUT2D eigenvalue weighted by molar-refractivity contribution is 9.10. The molecule has 94 valence electrons. The van der Waals surface area contributed by atoms with Crippen molar-refractivity contribution in [3.63, 3.8) is 0 Å². The third-order valence-electron chi connectivity index (χ3n) is 2.85. The third-order valence-corrected chi connectivity index (χ3v) is 3.60. The van der Waals surface area contributed by atoms with Gasteiger partial charge in [0.15, 0.2) is 0 Å². The normalized spacial score (nSPS) is 10.4. The standard InChI is InChI=1S/C15H16BrNO/c1-2-11-6-3-4-8-14(11)18-15-9-5-7-13(16)12(15)10-17/h3-9H,2,10,17H2,1H3. The molecule has 2 aromatic rings. The van der Waals surface area contributed by atoms with Gasteiger partial charge in [-0.25, -0.2) is 0 Å². The van der Waals surface area contributed by atoms with E-state index in [0.717, 1.165) is 28.0 Å². The predicted octanol–water partition coefficient (Wildman–Crippen LogP) is 4.26. The maximum atomic E-state index is 5.99. The first-order valence-electron chi connectivity index (χ1n) is 5.99. The van der Waals surface area contributed by atoms with Crippen LogP contribution in [0.4, 0.5) is 0 Å². The van der Waals surface area contributed by atoms with Crippen molar-refractivity contribution in [1.29, 1.82) is 0 Å². The number of para-hydroxylation sites is 1. The average molecular weight is 306 g/mol. The van der Waals surface area contributed by atoms with E-state index in [9.17, 15) is 0 Å². The first-order valence-corrected chi connectivity index (χ1v) is 6.78. The number of nitrogens with two attached hydrogens (primary N) is 1.